The molecule has 7 nitrogen and oxygen atoms in total. The molecule has 1 aromatic heterocycles. The lowest BCUT2D eigenvalue weighted by molar-refractivity contribution is -0.114. The van der Waals surface area contributed by atoms with Crippen molar-refractivity contribution < 1.29 is 9.59 Å². The number of hydrogen-bond donors (Lipinski definition) is 2. The number of rotatable bonds is 6. The fourth-order valence-electron chi connectivity index (χ4n) is 3.25. The molecule has 0 radical (unpaired) electrons. The molecule has 0 aliphatic heterocycles. The summed E-state index contributed by atoms with van der Waals surface area (Å²) < 4.78 is 1.85. The highest BCUT2D eigenvalue weighted by atomic mass is 32.2. The van der Waals surface area contributed by atoms with Gasteiger partial charge in [0.05, 0.1) is 5.75 Å². The van der Waals surface area contributed by atoms with Crippen LogP contribution in [0.3, 0.4) is 0 Å². The molecule has 0 atom stereocenters. The minimum absolute atomic E-state index is 0.106. The number of nitrogens with one attached hydrogen (secondary N) is 2. The summed E-state index contributed by atoms with van der Waals surface area (Å²) in [6.45, 7) is 1.47. The maximum atomic E-state index is 12.5. The molecule has 2 N–H and O–H groups in total. The molecule has 0 spiro atoms. The van der Waals surface area contributed by atoms with Gasteiger partial charge in [-0.15, -0.1) is 10.2 Å². The van der Waals surface area contributed by atoms with Crippen LogP contribution in [0, 0.1) is 0 Å². The highest BCUT2D eigenvalue weighted by Gasteiger charge is 2.14. The molecular weight excluding hydrogens is 410 g/mol. The van der Waals surface area contributed by atoms with E-state index in [9.17, 15) is 9.59 Å². The van der Waals surface area contributed by atoms with Crippen LogP contribution in [-0.2, 0) is 16.6 Å². The first-order valence-electron chi connectivity index (χ1n) is 9.69. The van der Waals surface area contributed by atoms with Crippen LogP contribution in [-0.4, -0.2) is 32.3 Å². The van der Waals surface area contributed by atoms with Gasteiger partial charge in [-0.05, 0) is 35.7 Å². The molecule has 31 heavy (non-hydrogen) atoms. The van der Waals surface area contributed by atoms with E-state index >= 15 is 0 Å². The zero-order chi connectivity index (χ0) is 21.8. The second kappa shape index (κ2) is 9.01. The van der Waals surface area contributed by atoms with Gasteiger partial charge in [-0.3, -0.25) is 9.59 Å². The van der Waals surface area contributed by atoms with Crippen LogP contribution >= 0.6 is 11.8 Å². The van der Waals surface area contributed by atoms with E-state index in [-0.39, 0.29) is 17.6 Å². The van der Waals surface area contributed by atoms with Gasteiger partial charge in [-0.2, -0.15) is 0 Å². The Hall–Kier alpha value is -3.65. The number of carbonyl (C=O) groups excluding carboxylic acids is 2. The maximum Gasteiger partial charge on any atom is 0.234 e. The topological polar surface area (TPSA) is 88.9 Å². The molecule has 3 aromatic carbocycles. The van der Waals surface area contributed by atoms with Crippen LogP contribution in [0.4, 0.5) is 11.4 Å². The van der Waals surface area contributed by atoms with Crippen molar-refractivity contribution in [2.24, 2.45) is 7.05 Å². The summed E-state index contributed by atoms with van der Waals surface area (Å²) in [7, 11) is 1.86. The zero-order valence-electron chi connectivity index (χ0n) is 17.1. The van der Waals surface area contributed by atoms with Crippen molar-refractivity contribution >= 4 is 45.7 Å². The van der Waals surface area contributed by atoms with E-state index < -0.39 is 0 Å². The van der Waals surface area contributed by atoms with Crippen molar-refractivity contribution in [2.45, 2.75) is 12.1 Å². The van der Waals surface area contributed by atoms with E-state index in [1.165, 1.54) is 18.7 Å². The quantitative estimate of drug-likeness (QED) is 0.444. The Bertz CT molecular complexity index is 1250. The minimum atomic E-state index is -0.119. The van der Waals surface area contributed by atoms with Gasteiger partial charge >= 0.3 is 0 Å². The highest BCUT2D eigenvalue weighted by Crippen LogP contribution is 2.26. The third-order valence-electron chi connectivity index (χ3n) is 4.69. The van der Waals surface area contributed by atoms with Gasteiger partial charge in [0.2, 0.25) is 11.8 Å². The molecule has 156 valence electrons. The van der Waals surface area contributed by atoms with Gasteiger partial charge < -0.3 is 15.2 Å². The summed E-state index contributed by atoms with van der Waals surface area (Å²) >= 11 is 1.33. The SMILES string of the molecule is CC(=O)Nc1ccc(-c2nnc(SCC(=O)Nc3cccc4ccccc34)n2C)cc1. The normalized spacial score (nSPS) is 10.8. The molecule has 0 saturated heterocycles. The molecule has 0 bridgehead atoms. The van der Waals surface area contributed by atoms with Crippen LogP contribution in [0.15, 0.2) is 71.9 Å². The van der Waals surface area contributed by atoms with E-state index in [1.54, 1.807) is 0 Å². The summed E-state index contributed by atoms with van der Waals surface area (Å²) in [6, 6.07) is 21.2. The van der Waals surface area contributed by atoms with Crippen molar-refractivity contribution in [3.63, 3.8) is 0 Å². The number of nitrogens with zero attached hydrogens (tertiary/aromatic N) is 3. The lowest BCUT2D eigenvalue weighted by Crippen LogP contribution is -2.14. The average Bonchev–Trinajstić information content (AvgIpc) is 3.13. The molecule has 0 unspecified atom stereocenters. The Balaban J connectivity index is 1.42. The second-order valence-electron chi connectivity index (χ2n) is 6.99. The van der Waals surface area contributed by atoms with Crippen molar-refractivity contribution in [1.82, 2.24) is 14.8 Å². The lowest BCUT2D eigenvalue weighted by atomic mass is 10.1. The smallest absolute Gasteiger partial charge is 0.234 e. The van der Waals surface area contributed by atoms with Crippen molar-refractivity contribution in [1.29, 1.82) is 0 Å². The molecule has 0 aliphatic carbocycles. The van der Waals surface area contributed by atoms with Crippen LogP contribution in [0.2, 0.25) is 0 Å². The van der Waals surface area contributed by atoms with E-state index in [1.807, 2.05) is 78.3 Å². The Labute approximate surface area is 183 Å². The number of amides is 2. The number of carbonyl (C=O) groups is 2. The van der Waals surface area contributed by atoms with Crippen LogP contribution in [0.5, 0.6) is 0 Å². The number of fused-ring (bicyclic) bond motifs is 1. The average molecular weight is 432 g/mol. The summed E-state index contributed by atoms with van der Waals surface area (Å²) in [5.74, 6) is 0.681. The first kappa shape index (κ1) is 20.6. The Morgan fingerprint density at radius 3 is 2.45 bits per heavy atom. The number of benzene rings is 3. The molecule has 2 amide bonds. The van der Waals surface area contributed by atoms with Crippen LogP contribution in [0.1, 0.15) is 6.92 Å². The molecule has 0 fully saturated rings. The molecular formula is C23H21N5O2S. The summed E-state index contributed by atoms with van der Waals surface area (Å²) in [6.07, 6.45) is 0. The van der Waals surface area contributed by atoms with Crippen molar-refractivity contribution in [3.8, 4) is 11.4 Å². The fraction of sp³-hybridized carbons (Fsp3) is 0.130. The van der Waals surface area contributed by atoms with Gasteiger partial charge in [0.1, 0.15) is 0 Å². The number of aromatic nitrogens is 3. The van der Waals surface area contributed by atoms with Gasteiger partial charge in [0, 0.05) is 36.3 Å². The fourth-order valence-corrected chi connectivity index (χ4v) is 3.96. The molecule has 0 saturated carbocycles. The molecule has 0 aliphatic rings. The Morgan fingerprint density at radius 2 is 1.68 bits per heavy atom. The summed E-state index contributed by atoms with van der Waals surface area (Å²) in [4.78, 5) is 23.7. The maximum absolute atomic E-state index is 12.5. The zero-order valence-corrected chi connectivity index (χ0v) is 17.9. The number of hydrogen-bond acceptors (Lipinski definition) is 5. The lowest BCUT2D eigenvalue weighted by Gasteiger charge is -2.09. The van der Waals surface area contributed by atoms with Gasteiger partial charge in [-0.25, -0.2) is 0 Å². The summed E-state index contributed by atoms with van der Waals surface area (Å²) in [5, 5.41) is 16.9. The summed E-state index contributed by atoms with van der Waals surface area (Å²) in [5.41, 5.74) is 2.39. The first-order valence-corrected chi connectivity index (χ1v) is 10.7. The molecule has 1 heterocycles. The Morgan fingerprint density at radius 1 is 0.935 bits per heavy atom. The minimum Gasteiger partial charge on any atom is -0.326 e. The second-order valence-corrected chi connectivity index (χ2v) is 7.93. The third-order valence-corrected chi connectivity index (χ3v) is 5.71. The first-order chi connectivity index (χ1) is 15.0. The van der Waals surface area contributed by atoms with Gasteiger partial charge in [0.25, 0.3) is 0 Å². The predicted octanol–water partition coefficient (Wildman–Crippen LogP) is 4.32. The number of thioether (sulfide) groups is 1. The van der Waals surface area contributed by atoms with Crippen molar-refractivity contribution in [2.75, 3.05) is 16.4 Å². The van der Waals surface area contributed by atoms with E-state index in [0.29, 0.717) is 11.0 Å². The Kier molecular flexibility index (Phi) is 5.99. The van der Waals surface area contributed by atoms with E-state index in [0.717, 1.165) is 27.7 Å². The predicted molar refractivity (Wildman–Crippen MR) is 124 cm³/mol. The third kappa shape index (κ3) is 4.75. The van der Waals surface area contributed by atoms with Crippen molar-refractivity contribution in [3.05, 3.63) is 66.7 Å². The van der Waals surface area contributed by atoms with Gasteiger partial charge in [0.15, 0.2) is 11.0 Å². The van der Waals surface area contributed by atoms with Crippen LogP contribution in [0.25, 0.3) is 22.2 Å². The number of anilines is 2. The molecule has 4 rings (SSSR count). The monoisotopic (exact) mass is 431 g/mol. The van der Waals surface area contributed by atoms with E-state index in [4.69, 9.17) is 0 Å². The standard InChI is InChI=1S/C23H21N5O2S/c1-15(29)24-18-12-10-17(11-13-18)22-26-27-23(28(22)2)31-14-21(30)25-20-9-5-7-16-6-3-4-8-19(16)20/h3-13H,14H2,1-2H3,(H,24,29)(H,25,30). The molecule has 4 aromatic rings. The molecule has 8 heteroatoms. The van der Waals surface area contributed by atoms with E-state index in [2.05, 4.69) is 20.8 Å². The largest absolute Gasteiger partial charge is 0.326 e. The highest BCUT2D eigenvalue weighted by molar-refractivity contribution is 7.99. The van der Waals surface area contributed by atoms with Crippen LogP contribution < -0.4 is 10.6 Å². The van der Waals surface area contributed by atoms with Gasteiger partial charge in [-0.1, -0.05) is 48.2 Å².